The number of fused-ring (bicyclic) bond motifs is 1. The van der Waals surface area contributed by atoms with Crippen LogP contribution >= 0.6 is 0 Å². The summed E-state index contributed by atoms with van der Waals surface area (Å²) < 4.78 is 10.9. The summed E-state index contributed by atoms with van der Waals surface area (Å²) in [5.74, 6) is 0.903. The Labute approximate surface area is 193 Å². The van der Waals surface area contributed by atoms with Gasteiger partial charge in [-0.2, -0.15) is 0 Å². The average molecular weight is 439 g/mol. The fourth-order valence-corrected chi connectivity index (χ4v) is 3.87. The number of hydrogen-bond donors (Lipinski definition) is 0. The van der Waals surface area contributed by atoms with Crippen LogP contribution in [-0.2, 0) is 5.41 Å². The van der Waals surface area contributed by atoms with E-state index in [-0.39, 0.29) is 11.2 Å². The van der Waals surface area contributed by atoms with Gasteiger partial charge in [-0.15, -0.1) is 0 Å². The highest BCUT2D eigenvalue weighted by atomic mass is 16.5. The van der Waals surface area contributed by atoms with E-state index in [1.807, 2.05) is 54.6 Å². The van der Waals surface area contributed by atoms with Gasteiger partial charge in [0, 0.05) is 11.0 Å². The first kappa shape index (κ1) is 22.3. The van der Waals surface area contributed by atoms with Crippen LogP contribution in [0.15, 0.2) is 84.9 Å². The molecule has 4 nitrogen and oxygen atoms in total. The third-order valence-corrected chi connectivity index (χ3v) is 6.08. The van der Waals surface area contributed by atoms with Crippen molar-refractivity contribution >= 4 is 22.5 Å². The Hall–Kier alpha value is -3.92. The van der Waals surface area contributed by atoms with Gasteiger partial charge in [-0.1, -0.05) is 56.3 Å². The van der Waals surface area contributed by atoms with Gasteiger partial charge in [0.15, 0.2) is 5.78 Å². The number of ketones is 1. The van der Waals surface area contributed by atoms with Crippen molar-refractivity contribution in [2.45, 2.75) is 26.2 Å². The van der Waals surface area contributed by atoms with E-state index in [0.717, 1.165) is 27.6 Å². The van der Waals surface area contributed by atoms with Crippen LogP contribution in [0.1, 0.15) is 52.6 Å². The van der Waals surface area contributed by atoms with Crippen molar-refractivity contribution in [1.82, 2.24) is 0 Å². The number of carbonyl (C=O) groups excluding carboxylic acids is 2. The molecule has 4 aromatic carbocycles. The molecule has 0 atom stereocenters. The highest BCUT2D eigenvalue weighted by Gasteiger charge is 2.23. The Morgan fingerprint density at radius 1 is 0.667 bits per heavy atom. The molecule has 0 radical (unpaired) electrons. The zero-order valence-corrected chi connectivity index (χ0v) is 19.2. The van der Waals surface area contributed by atoms with Crippen LogP contribution in [0.3, 0.4) is 0 Å². The molecular weight excluding hydrogens is 412 g/mol. The first-order chi connectivity index (χ1) is 15.8. The maximum absolute atomic E-state index is 12.7. The number of ether oxygens (including phenoxy) is 2. The summed E-state index contributed by atoms with van der Waals surface area (Å²) in [6.45, 7) is 5.85. The number of rotatable bonds is 6. The first-order valence-electron chi connectivity index (χ1n) is 10.8. The van der Waals surface area contributed by atoms with Gasteiger partial charge in [-0.3, -0.25) is 4.79 Å². The molecule has 0 unspecified atom stereocenters. The van der Waals surface area contributed by atoms with Crippen molar-refractivity contribution < 1.29 is 19.1 Å². The number of methoxy groups -OCH3 is 1. The van der Waals surface area contributed by atoms with Crippen molar-refractivity contribution in [2.75, 3.05) is 7.11 Å². The van der Waals surface area contributed by atoms with Crippen molar-refractivity contribution in [2.24, 2.45) is 0 Å². The lowest BCUT2D eigenvalue weighted by molar-refractivity contribution is 0.0734. The summed E-state index contributed by atoms with van der Waals surface area (Å²) in [7, 11) is 1.66. The predicted molar refractivity (Wildman–Crippen MR) is 130 cm³/mol. The number of hydrogen-bond acceptors (Lipinski definition) is 4. The lowest BCUT2D eigenvalue weighted by Gasteiger charge is -2.26. The Morgan fingerprint density at radius 2 is 1.15 bits per heavy atom. The normalized spacial score (nSPS) is 11.3. The first-order valence-corrected chi connectivity index (χ1v) is 10.8. The molecule has 0 aromatic heterocycles. The molecule has 0 aliphatic heterocycles. The van der Waals surface area contributed by atoms with E-state index >= 15 is 0 Å². The quantitative estimate of drug-likeness (QED) is 0.193. The summed E-state index contributed by atoms with van der Waals surface area (Å²) in [5, 5.41) is 1.79. The number of Topliss-reactive ketones (excluding diaryl/α,β-unsaturated/α-hetero) is 1. The summed E-state index contributed by atoms with van der Waals surface area (Å²) in [6.07, 6.45) is 0. The van der Waals surface area contributed by atoms with Crippen molar-refractivity contribution in [3.8, 4) is 11.5 Å². The van der Waals surface area contributed by atoms with Crippen LogP contribution in [0.4, 0.5) is 0 Å². The SMILES string of the molecule is COc1ccc(C(C)(C)c2ccc(OC(=O)c3ccc4cc(C(C)=O)ccc4c3)cc2)cc1. The molecule has 0 N–H and O–H groups in total. The fourth-order valence-electron chi connectivity index (χ4n) is 3.87. The van der Waals surface area contributed by atoms with Gasteiger partial charge < -0.3 is 9.47 Å². The molecule has 0 aliphatic rings. The summed E-state index contributed by atoms with van der Waals surface area (Å²) in [4.78, 5) is 24.3. The molecule has 0 heterocycles. The minimum Gasteiger partial charge on any atom is -0.497 e. The molecule has 0 fully saturated rings. The van der Waals surface area contributed by atoms with E-state index < -0.39 is 5.97 Å². The van der Waals surface area contributed by atoms with E-state index in [0.29, 0.717) is 16.9 Å². The van der Waals surface area contributed by atoms with Crippen LogP contribution in [0.2, 0.25) is 0 Å². The second-order valence-electron chi connectivity index (χ2n) is 8.60. The maximum Gasteiger partial charge on any atom is 0.343 e. The fraction of sp³-hybridized carbons (Fsp3) is 0.172. The number of esters is 1. The van der Waals surface area contributed by atoms with Gasteiger partial charge in [0.1, 0.15) is 11.5 Å². The summed E-state index contributed by atoms with van der Waals surface area (Å²) >= 11 is 0. The van der Waals surface area contributed by atoms with Gasteiger partial charge in [0.05, 0.1) is 12.7 Å². The van der Waals surface area contributed by atoms with E-state index in [4.69, 9.17) is 9.47 Å². The average Bonchev–Trinajstić information content (AvgIpc) is 2.83. The van der Waals surface area contributed by atoms with Crippen molar-refractivity contribution in [3.05, 3.63) is 107 Å². The summed E-state index contributed by atoms with van der Waals surface area (Å²) in [6, 6.07) is 26.4. The Kier molecular flexibility index (Phi) is 6.01. The Balaban J connectivity index is 1.50. The molecule has 0 bridgehead atoms. The van der Waals surface area contributed by atoms with Crippen molar-refractivity contribution in [3.63, 3.8) is 0 Å². The van der Waals surface area contributed by atoms with Crippen LogP contribution < -0.4 is 9.47 Å². The molecule has 4 rings (SSSR count). The largest absolute Gasteiger partial charge is 0.497 e. The number of carbonyl (C=O) groups is 2. The molecule has 166 valence electrons. The molecule has 0 aliphatic carbocycles. The minimum absolute atomic E-state index is 0.0130. The van der Waals surface area contributed by atoms with Crippen LogP contribution in [0, 0.1) is 0 Å². The monoisotopic (exact) mass is 438 g/mol. The van der Waals surface area contributed by atoms with Crippen LogP contribution in [0.25, 0.3) is 10.8 Å². The van der Waals surface area contributed by atoms with Gasteiger partial charge in [0.2, 0.25) is 0 Å². The Morgan fingerprint density at radius 3 is 1.67 bits per heavy atom. The van der Waals surface area contributed by atoms with Crippen molar-refractivity contribution in [1.29, 1.82) is 0 Å². The molecule has 4 heteroatoms. The Bertz CT molecular complexity index is 1320. The molecule has 4 aromatic rings. The zero-order chi connectivity index (χ0) is 23.6. The highest BCUT2D eigenvalue weighted by molar-refractivity contribution is 6.01. The molecule has 0 saturated carbocycles. The topological polar surface area (TPSA) is 52.6 Å². The third-order valence-electron chi connectivity index (χ3n) is 6.08. The van der Waals surface area contributed by atoms with Crippen LogP contribution in [-0.4, -0.2) is 18.9 Å². The lowest BCUT2D eigenvalue weighted by atomic mass is 9.78. The van der Waals surface area contributed by atoms with Gasteiger partial charge >= 0.3 is 5.97 Å². The van der Waals surface area contributed by atoms with Crippen LogP contribution in [0.5, 0.6) is 11.5 Å². The van der Waals surface area contributed by atoms with Gasteiger partial charge in [0.25, 0.3) is 0 Å². The minimum atomic E-state index is -0.422. The second-order valence-corrected chi connectivity index (χ2v) is 8.60. The zero-order valence-electron chi connectivity index (χ0n) is 19.2. The van der Waals surface area contributed by atoms with E-state index in [2.05, 4.69) is 26.0 Å². The smallest absolute Gasteiger partial charge is 0.343 e. The number of benzene rings is 4. The molecule has 33 heavy (non-hydrogen) atoms. The van der Waals surface area contributed by atoms with Gasteiger partial charge in [-0.05, 0) is 71.3 Å². The summed E-state index contributed by atoms with van der Waals surface area (Å²) in [5.41, 5.74) is 3.17. The highest BCUT2D eigenvalue weighted by Crippen LogP contribution is 2.33. The second kappa shape index (κ2) is 8.91. The third kappa shape index (κ3) is 4.65. The standard InChI is InChI=1S/C29H26O4/c1-19(30)20-5-6-22-18-23(8-7-21(22)17-20)28(31)33-27-15-11-25(12-16-27)29(2,3)24-9-13-26(32-4)14-10-24/h5-18H,1-4H3. The van der Waals surface area contributed by atoms with E-state index in [9.17, 15) is 9.59 Å². The molecule has 0 saturated heterocycles. The lowest BCUT2D eigenvalue weighted by Crippen LogP contribution is -2.18. The predicted octanol–water partition coefficient (Wildman–Crippen LogP) is 6.60. The van der Waals surface area contributed by atoms with E-state index in [1.54, 1.807) is 25.3 Å². The molecule has 0 spiro atoms. The van der Waals surface area contributed by atoms with E-state index in [1.165, 1.54) is 6.92 Å². The van der Waals surface area contributed by atoms with Gasteiger partial charge in [-0.25, -0.2) is 4.79 Å². The molecular formula is C29H26O4. The molecule has 0 amide bonds. The maximum atomic E-state index is 12.7.